The van der Waals surface area contributed by atoms with Gasteiger partial charge in [0.1, 0.15) is 0 Å². The molecule has 0 aliphatic heterocycles. The summed E-state index contributed by atoms with van der Waals surface area (Å²) < 4.78 is 17.4. The van der Waals surface area contributed by atoms with Crippen molar-refractivity contribution >= 4 is 6.21 Å². The summed E-state index contributed by atoms with van der Waals surface area (Å²) in [6.45, 7) is 2.70. The van der Waals surface area contributed by atoms with Crippen LogP contribution < -0.4 is 5.73 Å². The molecule has 0 amide bonds. The minimum absolute atomic E-state index is 0.158. The van der Waals surface area contributed by atoms with Crippen LogP contribution in [-0.2, 0) is 4.74 Å². The van der Waals surface area contributed by atoms with Gasteiger partial charge in [0.2, 0.25) is 0 Å². The van der Waals surface area contributed by atoms with Crippen molar-refractivity contribution in [3.63, 3.8) is 0 Å². The van der Waals surface area contributed by atoms with E-state index in [9.17, 15) is 4.39 Å². The summed E-state index contributed by atoms with van der Waals surface area (Å²) in [5, 5.41) is 0. The predicted molar refractivity (Wildman–Crippen MR) is 47.8 cm³/mol. The lowest BCUT2D eigenvalue weighted by atomic mass is 10.4. The number of nitrogens with two attached hydrogens (primary N) is 1. The van der Waals surface area contributed by atoms with Gasteiger partial charge in [0.15, 0.2) is 5.83 Å². The Hall–Kier alpha value is -0.900. The van der Waals surface area contributed by atoms with Gasteiger partial charge in [-0.15, -0.1) is 0 Å². The molecule has 0 unspecified atom stereocenters. The molecular weight excluding hydrogens is 159 g/mol. The molecule has 0 fully saturated rings. The summed E-state index contributed by atoms with van der Waals surface area (Å²) in [5.41, 5.74) is 5.32. The molecule has 70 valence electrons. The Morgan fingerprint density at radius 2 is 2.33 bits per heavy atom. The molecule has 0 aliphatic carbocycles. The van der Waals surface area contributed by atoms with Gasteiger partial charge in [0.05, 0.1) is 6.21 Å². The van der Waals surface area contributed by atoms with Crippen molar-refractivity contribution in [2.75, 3.05) is 20.3 Å². The number of halogens is 1. The first-order chi connectivity index (χ1) is 5.68. The first kappa shape index (κ1) is 11.1. The second-order valence-corrected chi connectivity index (χ2v) is 2.41. The predicted octanol–water partition coefficient (Wildman–Crippen LogP) is 1.25. The molecule has 4 heteroatoms. The van der Waals surface area contributed by atoms with Crippen molar-refractivity contribution in [3.05, 3.63) is 11.5 Å². The lowest BCUT2D eigenvalue weighted by Crippen LogP contribution is -1.96. The fraction of sp³-hybridized carbons (Fsp3) is 0.625. The molecule has 0 saturated carbocycles. The summed E-state index contributed by atoms with van der Waals surface area (Å²) in [7, 11) is 1.62. The zero-order valence-electron chi connectivity index (χ0n) is 7.51. The Labute approximate surface area is 72.1 Å². The maximum atomic E-state index is 12.6. The number of aliphatic imine (C=N–C) groups is 1. The standard InChI is InChI=1S/C8H15FN2O/c1-7(10)8(9)6-11-4-3-5-12-2/h6H,3-5,10H2,1-2H3. The van der Waals surface area contributed by atoms with Gasteiger partial charge in [0, 0.05) is 26.0 Å². The van der Waals surface area contributed by atoms with E-state index >= 15 is 0 Å². The number of ether oxygens (including phenoxy) is 1. The molecular formula is C8H15FN2O. The zero-order chi connectivity index (χ0) is 9.40. The number of hydrogen-bond acceptors (Lipinski definition) is 3. The Morgan fingerprint density at radius 1 is 1.67 bits per heavy atom. The second kappa shape index (κ2) is 6.79. The summed E-state index contributed by atoms with van der Waals surface area (Å²) in [6, 6.07) is 0. The van der Waals surface area contributed by atoms with E-state index in [0.717, 1.165) is 12.6 Å². The average Bonchev–Trinajstić information content (AvgIpc) is 2.03. The third-order valence-corrected chi connectivity index (χ3v) is 1.22. The minimum Gasteiger partial charge on any atom is -0.400 e. The van der Waals surface area contributed by atoms with Crippen molar-refractivity contribution in [1.29, 1.82) is 0 Å². The van der Waals surface area contributed by atoms with E-state index in [1.54, 1.807) is 7.11 Å². The van der Waals surface area contributed by atoms with E-state index in [1.807, 2.05) is 0 Å². The zero-order valence-corrected chi connectivity index (χ0v) is 7.51. The van der Waals surface area contributed by atoms with Crippen LogP contribution in [0.3, 0.4) is 0 Å². The molecule has 0 bridgehead atoms. The van der Waals surface area contributed by atoms with Crippen LogP contribution >= 0.6 is 0 Å². The first-order valence-electron chi connectivity index (χ1n) is 3.79. The highest BCUT2D eigenvalue weighted by Crippen LogP contribution is 1.95. The SMILES string of the molecule is COCCCN=CC(F)=C(C)N. The average molecular weight is 174 g/mol. The highest BCUT2D eigenvalue weighted by atomic mass is 19.1. The van der Waals surface area contributed by atoms with Gasteiger partial charge >= 0.3 is 0 Å². The van der Waals surface area contributed by atoms with Crippen molar-refractivity contribution in [1.82, 2.24) is 0 Å². The summed E-state index contributed by atoms with van der Waals surface area (Å²) >= 11 is 0. The monoisotopic (exact) mass is 174 g/mol. The molecule has 12 heavy (non-hydrogen) atoms. The van der Waals surface area contributed by atoms with Gasteiger partial charge in [-0.25, -0.2) is 4.39 Å². The van der Waals surface area contributed by atoms with Crippen molar-refractivity contribution in [3.8, 4) is 0 Å². The molecule has 0 spiro atoms. The maximum Gasteiger partial charge on any atom is 0.159 e. The van der Waals surface area contributed by atoms with Crippen molar-refractivity contribution < 1.29 is 9.13 Å². The quantitative estimate of drug-likeness (QED) is 0.503. The van der Waals surface area contributed by atoms with Gasteiger partial charge in [-0.2, -0.15) is 0 Å². The second-order valence-electron chi connectivity index (χ2n) is 2.41. The lowest BCUT2D eigenvalue weighted by molar-refractivity contribution is 0.197. The largest absolute Gasteiger partial charge is 0.400 e. The van der Waals surface area contributed by atoms with E-state index < -0.39 is 5.83 Å². The molecule has 0 saturated heterocycles. The molecule has 0 heterocycles. The van der Waals surface area contributed by atoms with Crippen LogP contribution in [0.25, 0.3) is 0 Å². The number of allylic oxidation sites excluding steroid dienone is 2. The molecule has 2 N–H and O–H groups in total. The van der Waals surface area contributed by atoms with Crippen LogP contribution in [0.2, 0.25) is 0 Å². The van der Waals surface area contributed by atoms with Crippen LogP contribution in [0.4, 0.5) is 4.39 Å². The molecule has 0 atom stereocenters. The fourth-order valence-corrected chi connectivity index (χ4v) is 0.547. The molecule has 0 aliphatic rings. The van der Waals surface area contributed by atoms with E-state index in [1.165, 1.54) is 6.92 Å². The van der Waals surface area contributed by atoms with Crippen LogP contribution in [0.1, 0.15) is 13.3 Å². The van der Waals surface area contributed by atoms with Crippen LogP contribution in [0.5, 0.6) is 0 Å². The summed E-state index contributed by atoms with van der Waals surface area (Å²) in [6.07, 6.45) is 1.94. The number of nitrogens with zero attached hydrogens (tertiary/aromatic N) is 1. The normalized spacial score (nSPS) is 13.6. The molecule has 0 aromatic rings. The third kappa shape index (κ3) is 5.85. The number of rotatable bonds is 5. The maximum absolute atomic E-state index is 12.6. The Morgan fingerprint density at radius 3 is 2.83 bits per heavy atom. The van der Waals surface area contributed by atoms with E-state index in [-0.39, 0.29) is 5.70 Å². The van der Waals surface area contributed by atoms with Crippen molar-refractivity contribution in [2.24, 2.45) is 10.7 Å². The van der Waals surface area contributed by atoms with Gasteiger partial charge in [-0.1, -0.05) is 0 Å². The van der Waals surface area contributed by atoms with E-state index in [4.69, 9.17) is 10.5 Å². The van der Waals surface area contributed by atoms with E-state index in [0.29, 0.717) is 13.2 Å². The van der Waals surface area contributed by atoms with E-state index in [2.05, 4.69) is 4.99 Å². The molecule has 0 aromatic heterocycles. The number of hydrogen-bond donors (Lipinski definition) is 1. The Bertz CT molecular complexity index is 174. The lowest BCUT2D eigenvalue weighted by Gasteiger charge is -1.94. The highest BCUT2D eigenvalue weighted by molar-refractivity contribution is 5.76. The Balaban J connectivity index is 3.56. The summed E-state index contributed by atoms with van der Waals surface area (Å²) in [5.74, 6) is -0.465. The number of methoxy groups -OCH3 is 1. The Kier molecular flexibility index (Phi) is 6.28. The molecule has 3 nitrogen and oxygen atoms in total. The summed E-state index contributed by atoms with van der Waals surface area (Å²) in [4.78, 5) is 3.81. The van der Waals surface area contributed by atoms with Crippen LogP contribution in [0.15, 0.2) is 16.5 Å². The van der Waals surface area contributed by atoms with Gasteiger partial charge in [-0.05, 0) is 13.3 Å². The van der Waals surface area contributed by atoms with Gasteiger partial charge in [0.25, 0.3) is 0 Å². The first-order valence-corrected chi connectivity index (χ1v) is 3.79. The topological polar surface area (TPSA) is 47.6 Å². The highest BCUT2D eigenvalue weighted by Gasteiger charge is 1.91. The van der Waals surface area contributed by atoms with Gasteiger partial charge < -0.3 is 10.5 Å². The third-order valence-electron chi connectivity index (χ3n) is 1.22. The molecule has 0 aromatic carbocycles. The fourth-order valence-electron chi connectivity index (χ4n) is 0.547. The van der Waals surface area contributed by atoms with Crippen molar-refractivity contribution in [2.45, 2.75) is 13.3 Å². The molecule has 0 radical (unpaired) electrons. The minimum atomic E-state index is -0.465. The van der Waals surface area contributed by atoms with Crippen LogP contribution in [0, 0.1) is 0 Å². The smallest absolute Gasteiger partial charge is 0.159 e. The van der Waals surface area contributed by atoms with Crippen LogP contribution in [-0.4, -0.2) is 26.5 Å². The molecule has 0 rings (SSSR count). The van der Waals surface area contributed by atoms with Gasteiger partial charge in [-0.3, -0.25) is 4.99 Å².